The molecule has 1 aliphatic heterocycles. The van der Waals surface area contributed by atoms with Crippen LogP contribution in [0.15, 0.2) is 18.2 Å². The summed E-state index contributed by atoms with van der Waals surface area (Å²) in [6.07, 6.45) is 4.49. The molecule has 1 unspecified atom stereocenters. The number of rotatable bonds is 6. The van der Waals surface area contributed by atoms with Gasteiger partial charge in [0.25, 0.3) is 0 Å². The highest BCUT2D eigenvalue weighted by atomic mass is 32.1. The van der Waals surface area contributed by atoms with Gasteiger partial charge in [-0.2, -0.15) is 0 Å². The molecule has 28 heavy (non-hydrogen) atoms. The molecule has 152 valence electrons. The van der Waals surface area contributed by atoms with E-state index in [0.29, 0.717) is 18.0 Å². The second-order valence-electron chi connectivity index (χ2n) is 8.92. The number of thiocarbonyl (C=S) groups is 1. The summed E-state index contributed by atoms with van der Waals surface area (Å²) in [6.45, 7) is 7.81. The van der Waals surface area contributed by atoms with Crippen LogP contribution in [0.3, 0.4) is 0 Å². The van der Waals surface area contributed by atoms with Crippen LogP contribution in [-0.2, 0) is 6.42 Å². The van der Waals surface area contributed by atoms with Crippen LogP contribution in [-0.4, -0.2) is 65.6 Å². The molecule has 1 aliphatic carbocycles. The average molecular weight is 399 g/mol. The molecule has 1 aromatic carbocycles. The Morgan fingerprint density at radius 2 is 2.18 bits per heavy atom. The normalized spacial score (nSPS) is 24.5. The van der Waals surface area contributed by atoms with Crippen LogP contribution in [0.4, 0.5) is 0 Å². The van der Waals surface area contributed by atoms with Gasteiger partial charge >= 0.3 is 0 Å². The molecule has 0 saturated carbocycles. The summed E-state index contributed by atoms with van der Waals surface area (Å²) in [4.78, 5) is 9.57. The number of H-pyrrole nitrogens is 1. The van der Waals surface area contributed by atoms with Crippen LogP contribution in [0.2, 0.25) is 0 Å². The number of aromatic amines is 1. The number of benzene rings is 1. The molecule has 2 N–H and O–H groups in total. The minimum atomic E-state index is 0.444. The summed E-state index contributed by atoms with van der Waals surface area (Å²) in [5.41, 5.74) is 5.74. The fraction of sp³-hybridized carbons (Fsp3) is 0.609. The molecule has 0 spiro atoms. The highest BCUT2D eigenvalue weighted by molar-refractivity contribution is 7.80. The van der Waals surface area contributed by atoms with E-state index in [1.165, 1.54) is 42.4 Å². The summed E-state index contributed by atoms with van der Waals surface area (Å²) in [5, 5.41) is 5.21. The smallest absolute Gasteiger partial charge is 0.0768 e. The Balaban J connectivity index is 1.60. The molecule has 4 nitrogen and oxygen atoms in total. The molecule has 4 rings (SSSR count). The monoisotopic (exact) mass is 398 g/mol. The molecule has 0 amide bonds. The summed E-state index contributed by atoms with van der Waals surface area (Å²) in [7, 11) is 4.21. The van der Waals surface area contributed by atoms with Crippen LogP contribution in [0, 0.1) is 6.92 Å². The van der Waals surface area contributed by atoms with Crippen LogP contribution in [0.1, 0.15) is 48.9 Å². The topological polar surface area (TPSA) is 34.3 Å². The van der Waals surface area contributed by atoms with Crippen molar-refractivity contribution in [3.63, 3.8) is 0 Å². The maximum atomic E-state index is 5.67. The standard InChI is InChI=1S/C23H34N4S/c1-5-10-27-14-16(25-22(28)9-11-26(3)4)12-19-17-7-6-8-20-23(17)18(13-21(19)27)15(2)24-20/h6-8,16,19,21,24H,5,9-14H2,1-4H3,(H,25,28)/t16-,19?,21+/m0/s1. The zero-order valence-electron chi connectivity index (χ0n) is 17.7. The van der Waals surface area contributed by atoms with Crippen LogP contribution >= 0.6 is 12.2 Å². The maximum absolute atomic E-state index is 5.67. The number of piperidine rings is 1. The van der Waals surface area contributed by atoms with Gasteiger partial charge in [-0.15, -0.1) is 0 Å². The molecule has 1 fully saturated rings. The van der Waals surface area contributed by atoms with Gasteiger partial charge in [0, 0.05) is 54.1 Å². The minimum absolute atomic E-state index is 0.444. The lowest BCUT2D eigenvalue weighted by atomic mass is 9.73. The largest absolute Gasteiger partial charge is 0.376 e. The Hall–Kier alpha value is -1.43. The number of nitrogens with one attached hydrogen (secondary N) is 2. The second-order valence-corrected chi connectivity index (χ2v) is 9.42. The van der Waals surface area contributed by atoms with Crippen molar-refractivity contribution in [3.05, 3.63) is 35.0 Å². The molecule has 0 bridgehead atoms. The van der Waals surface area contributed by atoms with E-state index in [-0.39, 0.29) is 0 Å². The number of nitrogens with zero attached hydrogens (tertiary/aromatic N) is 2. The van der Waals surface area contributed by atoms with E-state index in [1.807, 2.05) is 0 Å². The highest BCUT2D eigenvalue weighted by Gasteiger charge is 2.41. The summed E-state index contributed by atoms with van der Waals surface area (Å²) < 4.78 is 0. The van der Waals surface area contributed by atoms with E-state index in [4.69, 9.17) is 12.2 Å². The Labute approximate surface area is 174 Å². The van der Waals surface area contributed by atoms with Gasteiger partial charge in [0.1, 0.15) is 0 Å². The van der Waals surface area contributed by atoms with Crippen molar-refractivity contribution in [2.75, 3.05) is 33.7 Å². The van der Waals surface area contributed by atoms with Crippen molar-refractivity contribution >= 4 is 28.1 Å². The molecule has 3 atom stereocenters. The first-order chi connectivity index (χ1) is 13.5. The van der Waals surface area contributed by atoms with E-state index in [1.54, 1.807) is 11.1 Å². The summed E-state index contributed by atoms with van der Waals surface area (Å²) in [5.74, 6) is 0.584. The zero-order chi connectivity index (χ0) is 19.8. The van der Waals surface area contributed by atoms with Crippen LogP contribution in [0.5, 0.6) is 0 Å². The maximum Gasteiger partial charge on any atom is 0.0768 e. The van der Waals surface area contributed by atoms with Crippen molar-refractivity contribution in [1.29, 1.82) is 0 Å². The number of fused-ring (bicyclic) bond motifs is 2. The highest BCUT2D eigenvalue weighted by Crippen LogP contribution is 2.44. The third kappa shape index (κ3) is 3.72. The second kappa shape index (κ2) is 8.13. The van der Waals surface area contributed by atoms with Crippen molar-refractivity contribution in [1.82, 2.24) is 20.1 Å². The first kappa shape index (κ1) is 19.9. The molecular formula is C23H34N4S. The van der Waals surface area contributed by atoms with Crippen molar-refractivity contribution in [2.45, 2.75) is 57.5 Å². The molecule has 5 heteroatoms. The number of likely N-dealkylation sites (tertiary alicyclic amines) is 1. The Morgan fingerprint density at radius 1 is 1.36 bits per heavy atom. The van der Waals surface area contributed by atoms with Crippen molar-refractivity contribution in [3.8, 4) is 0 Å². The lowest BCUT2D eigenvalue weighted by Gasteiger charge is -2.47. The fourth-order valence-electron chi connectivity index (χ4n) is 5.34. The first-order valence-electron chi connectivity index (χ1n) is 10.8. The number of hydrogen-bond donors (Lipinski definition) is 2. The lowest BCUT2D eigenvalue weighted by molar-refractivity contribution is 0.105. The predicted octanol–water partition coefficient (Wildman–Crippen LogP) is 3.84. The van der Waals surface area contributed by atoms with Gasteiger partial charge < -0.3 is 15.2 Å². The Morgan fingerprint density at radius 3 is 2.93 bits per heavy atom. The fourth-order valence-corrected chi connectivity index (χ4v) is 5.60. The molecule has 2 aliphatic rings. The molecule has 1 saturated heterocycles. The average Bonchev–Trinajstić information content (AvgIpc) is 2.98. The van der Waals surface area contributed by atoms with Crippen LogP contribution in [0.25, 0.3) is 10.9 Å². The summed E-state index contributed by atoms with van der Waals surface area (Å²) in [6, 6.07) is 7.88. The summed E-state index contributed by atoms with van der Waals surface area (Å²) >= 11 is 5.67. The predicted molar refractivity (Wildman–Crippen MR) is 122 cm³/mol. The molecule has 1 aromatic heterocycles. The quantitative estimate of drug-likeness (QED) is 0.725. The SMILES string of the molecule is CCCN1C[C@@H](NC(=S)CCN(C)C)CC2c3cccc4[nH]c(C)c(c34)C[C@H]21. The number of aromatic nitrogens is 1. The van der Waals surface area contributed by atoms with Gasteiger partial charge in [-0.1, -0.05) is 31.3 Å². The molecule has 2 aromatic rings. The van der Waals surface area contributed by atoms with E-state index >= 15 is 0 Å². The zero-order valence-corrected chi connectivity index (χ0v) is 18.5. The van der Waals surface area contributed by atoms with Crippen LogP contribution < -0.4 is 5.32 Å². The van der Waals surface area contributed by atoms with E-state index < -0.39 is 0 Å². The first-order valence-corrected chi connectivity index (χ1v) is 11.2. The van der Waals surface area contributed by atoms with Gasteiger partial charge in [0.2, 0.25) is 0 Å². The molecule has 0 radical (unpaired) electrons. The van der Waals surface area contributed by atoms with Gasteiger partial charge in [0.15, 0.2) is 0 Å². The van der Waals surface area contributed by atoms with Gasteiger partial charge in [-0.05, 0) is 64.0 Å². The van der Waals surface area contributed by atoms with E-state index in [2.05, 4.69) is 66.2 Å². The van der Waals surface area contributed by atoms with Crippen molar-refractivity contribution < 1.29 is 0 Å². The lowest BCUT2D eigenvalue weighted by Crippen LogP contribution is -2.56. The number of hydrogen-bond acceptors (Lipinski definition) is 3. The van der Waals surface area contributed by atoms with Gasteiger partial charge in [-0.25, -0.2) is 0 Å². The van der Waals surface area contributed by atoms with E-state index in [9.17, 15) is 0 Å². The molecular weight excluding hydrogens is 364 g/mol. The van der Waals surface area contributed by atoms with E-state index in [0.717, 1.165) is 24.5 Å². The Bertz CT molecular complexity index is 856. The van der Waals surface area contributed by atoms with Gasteiger partial charge in [-0.3, -0.25) is 4.90 Å². The minimum Gasteiger partial charge on any atom is -0.376 e. The third-order valence-electron chi connectivity index (χ3n) is 6.57. The Kier molecular flexibility index (Phi) is 5.77. The van der Waals surface area contributed by atoms with Crippen molar-refractivity contribution in [2.24, 2.45) is 0 Å². The number of aryl methyl sites for hydroxylation is 1. The molecule has 2 heterocycles. The van der Waals surface area contributed by atoms with Gasteiger partial charge in [0.05, 0.1) is 4.99 Å². The third-order valence-corrected chi connectivity index (χ3v) is 6.90.